The summed E-state index contributed by atoms with van der Waals surface area (Å²) in [6, 6.07) is 9.23. The Labute approximate surface area is 110 Å². The lowest BCUT2D eigenvalue weighted by atomic mass is 10.1. The van der Waals surface area contributed by atoms with E-state index in [1.807, 2.05) is 11.8 Å². The van der Waals surface area contributed by atoms with Gasteiger partial charge in [-0.2, -0.15) is 0 Å². The fourth-order valence-electron chi connectivity index (χ4n) is 1.92. The Balaban J connectivity index is 2.57. The largest absolute Gasteiger partial charge is 0.310 e. The second kappa shape index (κ2) is 8.60. The van der Waals surface area contributed by atoms with Crippen LogP contribution in [0.15, 0.2) is 29.2 Å². The molecule has 1 rings (SSSR count). The standard InChI is InChI=1S/C15H25NS/c1-4-6-9-12-17-15-11-8-7-10-14(15)13(3)16-5-2/h7-8,10-11,13,16H,4-6,9,12H2,1-3H3. The summed E-state index contributed by atoms with van der Waals surface area (Å²) in [5.74, 6) is 1.24. The van der Waals surface area contributed by atoms with Crippen molar-refractivity contribution in [1.29, 1.82) is 0 Å². The third kappa shape index (κ3) is 5.13. The molecule has 0 fully saturated rings. The van der Waals surface area contributed by atoms with Crippen LogP contribution in [0.2, 0.25) is 0 Å². The topological polar surface area (TPSA) is 12.0 Å². The van der Waals surface area contributed by atoms with Gasteiger partial charge in [0.2, 0.25) is 0 Å². The third-order valence-electron chi connectivity index (χ3n) is 2.90. The molecule has 0 spiro atoms. The quantitative estimate of drug-likeness (QED) is 0.533. The van der Waals surface area contributed by atoms with Crippen LogP contribution in [-0.4, -0.2) is 12.3 Å². The molecule has 0 aliphatic heterocycles. The smallest absolute Gasteiger partial charge is 0.0302 e. The normalized spacial score (nSPS) is 12.6. The minimum absolute atomic E-state index is 0.454. The van der Waals surface area contributed by atoms with E-state index < -0.39 is 0 Å². The number of hydrogen-bond donors (Lipinski definition) is 1. The summed E-state index contributed by atoms with van der Waals surface area (Å²) in [6.45, 7) is 7.68. The van der Waals surface area contributed by atoms with Gasteiger partial charge >= 0.3 is 0 Å². The molecule has 0 bridgehead atoms. The number of unbranched alkanes of at least 4 members (excludes halogenated alkanes) is 2. The highest BCUT2D eigenvalue weighted by Crippen LogP contribution is 2.28. The summed E-state index contributed by atoms with van der Waals surface area (Å²) >= 11 is 2.00. The Hall–Kier alpha value is -0.470. The molecule has 0 heterocycles. The molecule has 0 aliphatic carbocycles. The number of rotatable bonds is 8. The van der Waals surface area contributed by atoms with Gasteiger partial charge in [0.25, 0.3) is 0 Å². The summed E-state index contributed by atoms with van der Waals surface area (Å²) in [7, 11) is 0. The van der Waals surface area contributed by atoms with Crippen LogP contribution in [-0.2, 0) is 0 Å². The Bertz CT molecular complexity index is 312. The average Bonchev–Trinajstić information content (AvgIpc) is 2.35. The van der Waals surface area contributed by atoms with Gasteiger partial charge in [-0.25, -0.2) is 0 Å². The van der Waals surface area contributed by atoms with Gasteiger partial charge in [-0.3, -0.25) is 0 Å². The zero-order valence-electron chi connectivity index (χ0n) is 11.3. The van der Waals surface area contributed by atoms with E-state index in [2.05, 4.69) is 50.4 Å². The first-order valence-electron chi connectivity index (χ1n) is 6.74. The molecular weight excluding hydrogens is 226 g/mol. The van der Waals surface area contributed by atoms with E-state index in [-0.39, 0.29) is 0 Å². The highest BCUT2D eigenvalue weighted by atomic mass is 32.2. The first-order valence-corrected chi connectivity index (χ1v) is 7.73. The lowest BCUT2D eigenvalue weighted by Crippen LogP contribution is -2.18. The lowest BCUT2D eigenvalue weighted by molar-refractivity contribution is 0.590. The molecule has 0 aromatic heterocycles. The summed E-state index contributed by atoms with van der Waals surface area (Å²) in [5.41, 5.74) is 1.44. The van der Waals surface area contributed by atoms with Gasteiger partial charge in [-0.1, -0.05) is 44.9 Å². The van der Waals surface area contributed by atoms with Crippen molar-refractivity contribution in [3.63, 3.8) is 0 Å². The number of hydrogen-bond acceptors (Lipinski definition) is 2. The molecule has 1 unspecified atom stereocenters. The molecule has 17 heavy (non-hydrogen) atoms. The summed E-state index contributed by atoms with van der Waals surface area (Å²) in [6.07, 6.45) is 3.97. The van der Waals surface area contributed by atoms with E-state index in [9.17, 15) is 0 Å². The zero-order valence-corrected chi connectivity index (χ0v) is 12.1. The summed E-state index contributed by atoms with van der Waals surface area (Å²) in [5, 5.41) is 3.49. The van der Waals surface area contributed by atoms with Crippen LogP contribution in [0.1, 0.15) is 51.6 Å². The maximum absolute atomic E-state index is 3.49. The predicted molar refractivity (Wildman–Crippen MR) is 78.8 cm³/mol. The fraction of sp³-hybridized carbons (Fsp3) is 0.600. The number of nitrogens with one attached hydrogen (secondary N) is 1. The molecule has 2 heteroatoms. The second-order valence-electron chi connectivity index (χ2n) is 4.37. The zero-order chi connectivity index (χ0) is 12.5. The molecular formula is C15H25NS. The van der Waals surface area contributed by atoms with Gasteiger partial charge in [-0.15, -0.1) is 11.8 Å². The van der Waals surface area contributed by atoms with Gasteiger partial charge in [0.05, 0.1) is 0 Å². The van der Waals surface area contributed by atoms with Crippen molar-refractivity contribution in [3.8, 4) is 0 Å². The van der Waals surface area contributed by atoms with Crippen molar-refractivity contribution in [3.05, 3.63) is 29.8 Å². The molecule has 0 amide bonds. The van der Waals surface area contributed by atoms with E-state index in [1.54, 1.807) is 0 Å². The van der Waals surface area contributed by atoms with E-state index in [0.717, 1.165) is 6.54 Å². The monoisotopic (exact) mass is 251 g/mol. The summed E-state index contributed by atoms with van der Waals surface area (Å²) < 4.78 is 0. The van der Waals surface area contributed by atoms with Gasteiger partial charge in [0.15, 0.2) is 0 Å². The number of thioether (sulfide) groups is 1. The minimum Gasteiger partial charge on any atom is -0.310 e. The van der Waals surface area contributed by atoms with Crippen LogP contribution in [0.25, 0.3) is 0 Å². The van der Waals surface area contributed by atoms with E-state index in [4.69, 9.17) is 0 Å². The van der Waals surface area contributed by atoms with Gasteiger partial charge in [-0.05, 0) is 37.3 Å². The van der Waals surface area contributed by atoms with E-state index in [1.165, 1.54) is 35.5 Å². The van der Waals surface area contributed by atoms with Gasteiger partial charge in [0, 0.05) is 10.9 Å². The Kier molecular flexibility index (Phi) is 7.38. The first kappa shape index (κ1) is 14.6. The number of benzene rings is 1. The Morgan fingerprint density at radius 3 is 2.65 bits per heavy atom. The highest BCUT2D eigenvalue weighted by Gasteiger charge is 2.08. The maximum Gasteiger partial charge on any atom is 0.0302 e. The molecule has 1 nitrogen and oxygen atoms in total. The second-order valence-corrected chi connectivity index (χ2v) is 5.51. The molecule has 1 atom stereocenters. The minimum atomic E-state index is 0.454. The highest BCUT2D eigenvalue weighted by molar-refractivity contribution is 7.99. The van der Waals surface area contributed by atoms with Crippen molar-refractivity contribution < 1.29 is 0 Å². The SMILES string of the molecule is CCCCCSc1ccccc1C(C)NCC. The van der Waals surface area contributed by atoms with E-state index in [0.29, 0.717) is 6.04 Å². The molecule has 0 saturated heterocycles. The molecule has 0 radical (unpaired) electrons. The lowest BCUT2D eigenvalue weighted by Gasteiger charge is -2.16. The molecule has 0 saturated carbocycles. The van der Waals surface area contributed by atoms with Crippen LogP contribution in [0, 0.1) is 0 Å². The third-order valence-corrected chi connectivity index (χ3v) is 4.08. The Morgan fingerprint density at radius 1 is 1.18 bits per heavy atom. The maximum atomic E-state index is 3.49. The summed E-state index contributed by atoms with van der Waals surface area (Å²) in [4.78, 5) is 1.44. The molecule has 1 N–H and O–H groups in total. The van der Waals surface area contributed by atoms with Gasteiger partial charge < -0.3 is 5.32 Å². The fourth-order valence-corrected chi connectivity index (χ4v) is 3.07. The predicted octanol–water partition coefficient (Wildman–Crippen LogP) is 4.64. The molecule has 96 valence electrons. The van der Waals surface area contributed by atoms with Crippen molar-refractivity contribution in [1.82, 2.24) is 5.32 Å². The average molecular weight is 251 g/mol. The van der Waals surface area contributed by atoms with Crippen molar-refractivity contribution in [2.24, 2.45) is 0 Å². The molecule has 0 aliphatic rings. The van der Waals surface area contributed by atoms with Crippen molar-refractivity contribution in [2.45, 2.75) is 51.0 Å². The van der Waals surface area contributed by atoms with Crippen LogP contribution < -0.4 is 5.32 Å². The van der Waals surface area contributed by atoms with E-state index >= 15 is 0 Å². The Morgan fingerprint density at radius 2 is 1.94 bits per heavy atom. The van der Waals surface area contributed by atoms with Gasteiger partial charge in [0.1, 0.15) is 0 Å². The van der Waals surface area contributed by atoms with Crippen LogP contribution in [0.5, 0.6) is 0 Å². The van der Waals surface area contributed by atoms with Crippen LogP contribution in [0.3, 0.4) is 0 Å². The molecule has 1 aromatic carbocycles. The first-order chi connectivity index (χ1) is 8.29. The van der Waals surface area contributed by atoms with Crippen LogP contribution in [0.4, 0.5) is 0 Å². The van der Waals surface area contributed by atoms with Crippen molar-refractivity contribution in [2.75, 3.05) is 12.3 Å². The van der Waals surface area contributed by atoms with Crippen molar-refractivity contribution >= 4 is 11.8 Å². The van der Waals surface area contributed by atoms with Crippen LogP contribution >= 0.6 is 11.8 Å². The molecule has 1 aromatic rings.